The van der Waals surface area contributed by atoms with E-state index in [9.17, 15) is 4.57 Å². The molecule has 3 heteroatoms. The maximum Gasteiger partial charge on any atom is 0.192 e. The predicted molar refractivity (Wildman–Crippen MR) is 66.1 cm³/mol. The molecule has 0 N–H and O–H groups in total. The Morgan fingerprint density at radius 1 is 1.21 bits per heavy atom. The monoisotopic (exact) mass is 222 g/mol. The lowest BCUT2D eigenvalue weighted by Crippen LogP contribution is -2.15. The van der Waals surface area contributed by atoms with Crippen molar-refractivity contribution in [3.05, 3.63) is 35.5 Å². The largest absolute Gasteiger partial charge is 0.269 e. The molecule has 1 aromatic carbocycles. The zero-order valence-electron chi connectivity index (χ0n) is 8.82. The van der Waals surface area contributed by atoms with Crippen LogP contribution in [-0.4, -0.2) is 8.07 Å². The molecule has 0 bridgehead atoms. The Labute approximate surface area is 88.1 Å². The molecule has 0 saturated heterocycles. The lowest BCUT2D eigenvalue weighted by Gasteiger charge is -2.08. The fourth-order valence-electron chi connectivity index (χ4n) is 1.05. The number of rotatable bonds is 3. The van der Waals surface area contributed by atoms with E-state index in [4.69, 9.17) is 0 Å². The smallest absolute Gasteiger partial charge is 0.192 e. The molecular weight excluding hydrogens is 207 g/mol. The van der Waals surface area contributed by atoms with Crippen LogP contribution in [0.4, 0.5) is 0 Å². The standard InChI is InChI=1S/C11H15OPSi/c1-14(2,3)9-8-10-6-4-5-7-11(10)13-12/h4-9H,1-3H3. The molecule has 0 saturated carbocycles. The van der Waals surface area contributed by atoms with Crippen molar-refractivity contribution < 1.29 is 4.57 Å². The van der Waals surface area contributed by atoms with Crippen LogP contribution in [0.2, 0.25) is 19.6 Å². The van der Waals surface area contributed by atoms with Crippen molar-refractivity contribution in [1.29, 1.82) is 0 Å². The maximum absolute atomic E-state index is 10.8. The molecule has 1 aromatic rings. The maximum atomic E-state index is 10.8. The topological polar surface area (TPSA) is 17.1 Å². The van der Waals surface area contributed by atoms with Crippen LogP contribution in [0.1, 0.15) is 5.56 Å². The normalized spacial score (nSPS) is 12.5. The van der Waals surface area contributed by atoms with E-state index in [1.807, 2.05) is 24.3 Å². The Balaban J connectivity index is 2.97. The molecule has 1 rings (SSSR count). The summed E-state index contributed by atoms with van der Waals surface area (Å²) < 4.78 is 10.8. The van der Waals surface area contributed by atoms with Crippen LogP contribution in [0.5, 0.6) is 0 Å². The molecule has 0 heterocycles. The fraction of sp³-hybridized carbons (Fsp3) is 0.273. The molecule has 74 valence electrons. The number of benzene rings is 1. The van der Waals surface area contributed by atoms with Gasteiger partial charge < -0.3 is 0 Å². The van der Waals surface area contributed by atoms with E-state index < -0.39 is 8.07 Å². The van der Waals surface area contributed by atoms with E-state index in [1.54, 1.807) is 0 Å². The second kappa shape index (κ2) is 4.67. The first-order valence-electron chi connectivity index (χ1n) is 4.64. The SMILES string of the molecule is C[Si](C)(C)C=Cc1ccccc1P=O. The molecule has 0 aromatic heterocycles. The van der Waals surface area contributed by atoms with E-state index in [0.29, 0.717) is 0 Å². The fourth-order valence-corrected chi connectivity index (χ4v) is 2.13. The molecule has 0 radical (unpaired) electrons. The Bertz CT molecular complexity index is 353. The molecule has 0 aliphatic carbocycles. The van der Waals surface area contributed by atoms with E-state index in [2.05, 4.69) is 31.4 Å². The summed E-state index contributed by atoms with van der Waals surface area (Å²) in [6.07, 6.45) is 2.09. The molecule has 0 amide bonds. The molecule has 0 aliphatic heterocycles. The second-order valence-electron chi connectivity index (χ2n) is 4.35. The lowest BCUT2D eigenvalue weighted by molar-refractivity contribution is 0.603. The van der Waals surface area contributed by atoms with Gasteiger partial charge in [0, 0.05) is 5.30 Å². The van der Waals surface area contributed by atoms with E-state index in [1.165, 1.54) is 0 Å². The van der Waals surface area contributed by atoms with Crippen LogP contribution in [-0.2, 0) is 4.57 Å². The van der Waals surface area contributed by atoms with Crippen LogP contribution >= 0.6 is 8.46 Å². The predicted octanol–water partition coefficient (Wildman–Crippen LogP) is 3.49. The van der Waals surface area contributed by atoms with Crippen LogP contribution in [0, 0.1) is 0 Å². The summed E-state index contributed by atoms with van der Waals surface area (Å²) >= 11 is 0. The summed E-state index contributed by atoms with van der Waals surface area (Å²) in [5.74, 6) is 0. The average molecular weight is 222 g/mol. The highest BCUT2D eigenvalue weighted by Gasteiger charge is 2.07. The summed E-state index contributed by atoms with van der Waals surface area (Å²) in [5.41, 5.74) is 3.32. The van der Waals surface area contributed by atoms with Gasteiger partial charge in [-0.15, -0.1) is 0 Å². The number of hydrogen-bond acceptors (Lipinski definition) is 1. The van der Waals surface area contributed by atoms with Gasteiger partial charge in [0.25, 0.3) is 0 Å². The van der Waals surface area contributed by atoms with Gasteiger partial charge in [-0.05, 0) is 11.6 Å². The van der Waals surface area contributed by atoms with Crippen LogP contribution in [0.25, 0.3) is 6.08 Å². The Morgan fingerprint density at radius 3 is 2.43 bits per heavy atom. The molecular formula is C11H15OPSi. The van der Waals surface area contributed by atoms with E-state index in [0.717, 1.165) is 10.9 Å². The van der Waals surface area contributed by atoms with Gasteiger partial charge in [0.05, 0.1) is 8.07 Å². The van der Waals surface area contributed by atoms with Crippen molar-refractivity contribution in [2.45, 2.75) is 19.6 Å². The minimum absolute atomic E-state index is 0.0982. The molecule has 0 spiro atoms. The van der Waals surface area contributed by atoms with Gasteiger partial charge in [-0.1, -0.05) is 49.6 Å². The first-order valence-corrected chi connectivity index (χ1v) is 9.03. The molecule has 0 atom stereocenters. The first kappa shape index (κ1) is 11.4. The highest BCUT2D eigenvalue weighted by Crippen LogP contribution is 2.09. The molecule has 1 nitrogen and oxygen atoms in total. The Kier molecular flexibility index (Phi) is 3.79. The number of hydrogen-bond donors (Lipinski definition) is 0. The Hall–Kier alpha value is -0.723. The zero-order chi connectivity index (χ0) is 10.6. The minimum Gasteiger partial charge on any atom is -0.269 e. The highest BCUT2D eigenvalue weighted by atomic mass is 31.1. The summed E-state index contributed by atoms with van der Waals surface area (Å²) in [5, 5.41) is 0.863. The third-order valence-electron chi connectivity index (χ3n) is 1.80. The summed E-state index contributed by atoms with van der Waals surface area (Å²) in [4.78, 5) is 0. The van der Waals surface area contributed by atoms with Gasteiger partial charge in [0.15, 0.2) is 8.46 Å². The summed E-state index contributed by atoms with van der Waals surface area (Å²) in [6, 6.07) is 7.76. The quantitative estimate of drug-likeness (QED) is 0.565. The van der Waals surface area contributed by atoms with Crippen molar-refractivity contribution >= 4 is 27.9 Å². The minimum atomic E-state index is -1.16. The van der Waals surface area contributed by atoms with Crippen molar-refractivity contribution in [1.82, 2.24) is 0 Å². The summed E-state index contributed by atoms with van der Waals surface area (Å²) in [7, 11) is -1.06. The molecule has 0 aliphatic rings. The van der Waals surface area contributed by atoms with Crippen molar-refractivity contribution in [3.8, 4) is 0 Å². The summed E-state index contributed by atoms with van der Waals surface area (Å²) in [6.45, 7) is 6.84. The van der Waals surface area contributed by atoms with Gasteiger partial charge in [0.2, 0.25) is 0 Å². The average Bonchev–Trinajstić information content (AvgIpc) is 2.14. The van der Waals surface area contributed by atoms with Gasteiger partial charge >= 0.3 is 0 Å². The third-order valence-corrected chi connectivity index (χ3v) is 3.57. The highest BCUT2D eigenvalue weighted by molar-refractivity contribution is 7.34. The van der Waals surface area contributed by atoms with Crippen LogP contribution in [0.3, 0.4) is 0 Å². The van der Waals surface area contributed by atoms with Crippen molar-refractivity contribution in [2.75, 3.05) is 0 Å². The van der Waals surface area contributed by atoms with Gasteiger partial charge in [-0.2, -0.15) is 0 Å². The zero-order valence-corrected chi connectivity index (χ0v) is 10.7. The van der Waals surface area contributed by atoms with Crippen LogP contribution in [0.15, 0.2) is 30.0 Å². The second-order valence-corrected chi connectivity index (χ2v) is 10.1. The molecule has 0 unspecified atom stereocenters. The van der Waals surface area contributed by atoms with E-state index in [-0.39, 0.29) is 8.46 Å². The lowest BCUT2D eigenvalue weighted by atomic mass is 10.2. The van der Waals surface area contributed by atoms with E-state index >= 15 is 0 Å². The van der Waals surface area contributed by atoms with Crippen LogP contribution < -0.4 is 5.30 Å². The van der Waals surface area contributed by atoms with Crippen molar-refractivity contribution in [3.63, 3.8) is 0 Å². The van der Waals surface area contributed by atoms with Gasteiger partial charge in [0.1, 0.15) is 0 Å². The first-order chi connectivity index (χ1) is 6.53. The third kappa shape index (κ3) is 3.57. The van der Waals surface area contributed by atoms with Gasteiger partial charge in [-0.25, -0.2) is 0 Å². The molecule has 0 fully saturated rings. The van der Waals surface area contributed by atoms with Gasteiger partial charge in [-0.3, -0.25) is 4.57 Å². The van der Waals surface area contributed by atoms with Crippen molar-refractivity contribution in [2.24, 2.45) is 0 Å². The molecule has 14 heavy (non-hydrogen) atoms. The Morgan fingerprint density at radius 2 is 1.86 bits per heavy atom.